The number of thioether (sulfide) groups is 1. The van der Waals surface area contributed by atoms with Crippen molar-refractivity contribution < 1.29 is 14.3 Å². The molecule has 4 rings (SSSR count). The molecule has 2 heterocycles. The van der Waals surface area contributed by atoms with Gasteiger partial charge in [0.2, 0.25) is 5.91 Å². The first kappa shape index (κ1) is 23.2. The number of carbonyl (C=O) groups excluding carboxylic acids is 2. The number of hydrogen-bond donors (Lipinski definition) is 2. The van der Waals surface area contributed by atoms with E-state index in [-0.39, 0.29) is 18.3 Å². The number of rotatable bonds is 9. The van der Waals surface area contributed by atoms with Crippen LogP contribution in [0.25, 0.3) is 11.2 Å². The quantitative estimate of drug-likeness (QED) is 0.213. The lowest BCUT2D eigenvalue weighted by Gasteiger charge is -2.10. The SMILES string of the molecule is Cc1ccc(NC(=O)CSc2ccccc2C(=O)OCCCn2cnc3c(N)ncnc32)cc1. The molecule has 0 saturated carbocycles. The average Bonchev–Trinajstić information content (AvgIpc) is 3.26. The van der Waals surface area contributed by atoms with E-state index >= 15 is 0 Å². The molecule has 3 N–H and O–H groups in total. The lowest BCUT2D eigenvalue weighted by Crippen LogP contribution is -2.14. The molecule has 2 aromatic heterocycles. The molecule has 4 aromatic rings. The first-order chi connectivity index (χ1) is 16.5. The molecule has 0 radical (unpaired) electrons. The monoisotopic (exact) mass is 476 g/mol. The van der Waals surface area contributed by atoms with E-state index < -0.39 is 5.97 Å². The summed E-state index contributed by atoms with van der Waals surface area (Å²) in [6.07, 6.45) is 3.62. The number of nitrogen functional groups attached to an aromatic ring is 1. The van der Waals surface area contributed by atoms with E-state index in [0.29, 0.717) is 40.4 Å². The van der Waals surface area contributed by atoms with Crippen LogP contribution in [-0.4, -0.2) is 43.8 Å². The fraction of sp³-hybridized carbons (Fsp3) is 0.208. The zero-order valence-electron chi connectivity index (χ0n) is 18.6. The summed E-state index contributed by atoms with van der Waals surface area (Å²) in [5, 5.41) is 2.86. The van der Waals surface area contributed by atoms with Crippen molar-refractivity contribution in [3.8, 4) is 0 Å². The van der Waals surface area contributed by atoms with Crippen molar-refractivity contribution in [1.29, 1.82) is 0 Å². The van der Waals surface area contributed by atoms with Gasteiger partial charge in [0, 0.05) is 17.1 Å². The molecule has 0 aliphatic heterocycles. The Morgan fingerprint density at radius 1 is 1.09 bits per heavy atom. The summed E-state index contributed by atoms with van der Waals surface area (Å²) < 4.78 is 7.32. The minimum atomic E-state index is -0.427. The predicted molar refractivity (Wildman–Crippen MR) is 132 cm³/mol. The molecule has 174 valence electrons. The van der Waals surface area contributed by atoms with E-state index in [9.17, 15) is 9.59 Å². The second-order valence-corrected chi connectivity index (χ2v) is 8.57. The third-order valence-electron chi connectivity index (χ3n) is 5.01. The lowest BCUT2D eigenvalue weighted by atomic mass is 10.2. The number of fused-ring (bicyclic) bond motifs is 1. The number of nitrogens with zero attached hydrogens (tertiary/aromatic N) is 4. The van der Waals surface area contributed by atoms with Gasteiger partial charge in [-0.1, -0.05) is 29.8 Å². The van der Waals surface area contributed by atoms with Gasteiger partial charge in [0.25, 0.3) is 0 Å². The van der Waals surface area contributed by atoms with Gasteiger partial charge in [0.15, 0.2) is 11.5 Å². The van der Waals surface area contributed by atoms with Crippen molar-refractivity contribution in [2.45, 2.75) is 24.8 Å². The molecule has 0 spiro atoms. The van der Waals surface area contributed by atoms with Crippen LogP contribution < -0.4 is 11.1 Å². The normalized spacial score (nSPS) is 10.9. The number of hydrogen-bond acceptors (Lipinski definition) is 8. The molecule has 9 nitrogen and oxygen atoms in total. The van der Waals surface area contributed by atoms with Crippen LogP contribution in [0.5, 0.6) is 0 Å². The van der Waals surface area contributed by atoms with Gasteiger partial charge < -0.3 is 20.4 Å². The van der Waals surface area contributed by atoms with E-state index in [0.717, 1.165) is 11.3 Å². The van der Waals surface area contributed by atoms with Crippen LogP contribution in [-0.2, 0) is 16.1 Å². The topological polar surface area (TPSA) is 125 Å². The minimum Gasteiger partial charge on any atom is -0.462 e. The summed E-state index contributed by atoms with van der Waals surface area (Å²) in [4.78, 5) is 38.0. The zero-order chi connectivity index (χ0) is 23.9. The number of nitrogens with one attached hydrogen (secondary N) is 1. The number of ether oxygens (including phenoxy) is 1. The Balaban J connectivity index is 1.28. The van der Waals surface area contributed by atoms with Gasteiger partial charge in [-0.2, -0.15) is 0 Å². The average molecular weight is 477 g/mol. The fourth-order valence-corrected chi connectivity index (χ4v) is 4.12. The van der Waals surface area contributed by atoms with Crippen molar-refractivity contribution >= 4 is 46.3 Å². The standard InChI is InChI=1S/C24H24N6O3S/c1-16-7-9-17(10-8-16)29-20(31)13-34-19-6-3-2-5-18(19)24(32)33-12-4-11-30-15-28-21-22(25)26-14-27-23(21)30/h2-3,5-10,14-15H,4,11-13H2,1H3,(H,29,31)(H2,25,26,27). The molecule has 2 aromatic carbocycles. The maximum Gasteiger partial charge on any atom is 0.339 e. The molecule has 34 heavy (non-hydrogen) atoms. The maximum absolute atomic E-state index is 12.7. The molecule has 0 aliphatic carbocycles. The predicted octanol–water partition coefficient (Wildman–Crippen LogP) is 3.69. The number of carbonyl (C=O) groups is 2. The number of aromatic nitrogens is 4. The summed E-state index contributed by atoms with van der Waals surface area (Å²) >= 11 is 1.29. The number of imidazole rings is 1. The molecule has 0 atom stereocenters. The molecule has 0 saturated heterocycles. The van der Waals surface area contributed by atoms with Gasteiger partial charge >= 0.3 is 5.97 Å². The lowest BCUT2D eigenvalue weighted by molar-refractivity contribution is -0.113. The van der Waals surface area contributed by atoms with Crippen molar-refractivity contribution in [1.82, 2.24) is 19.5 Å². The van der Waals surface area contributed by atoms with Gasteiger partial charge in [-0.25, -0.2) is 19.7 Å². The number of aryl methyl sites for hydroxylation is 2. The Hall–Kier alpha value is -3.92. The van der Waals surface area contributed by atoms with Gasteiger partial charge in [0.1, 0.15) is 11.8 Å². The number of nitrogens with two attached hydrogens (primary N) is 1. The Labute approximate surface area is 200 Å². The zero-order valence-corrected chi connectivity index (χ0v) is 19.4. The smallest absolute Gasteiger partial charge is 0.339 e. The van der Waals surface area contributed by atoms with Crippen LogP contribution in [0.3, 0.4) is 0 Å². The maximum atomic E-state index is 12.7. The van der Waals surface area contributed by atoms with Gasteiger partial charge in [-0.15, -0.1) is 11.8 Å². The summed E-state index contributed by atoms with van der Waals surface area (Å²) in [7, 11) is 0. The minimum absolute atomic E-state index is 0.144. The molecular formula is C24H24N6O3S. The van der Waals surface area contributed by atoms with E-state index in [2.05, 4.69) is 20.3 Å². The van der Waals surface area contributed by atoms with Crippen LogP contribution in [0, 0.1) is 6.92 Å². The molecular weight excluding hydrogens is 452 g/mol. The molecule has 0 bridgehead atoms. The summed E-state index contributed by atoms with van der Waals surface area (Å²) in [6, 6.07) is 14.7. The third-order valence-corrected chi connectivity index (χ3v) is 6.08. The van der Waals surface area contributed by atoms with Crippen LogP contribution >= 0.6 is 11.8 Å². The van der Waals surface area contributed by atoms with E-state index in [1.54, 1.807) is 18.5 Å². The second kappa shape index (κ2) is 10.8. The van der Waals surface area contributed by atoms with E-state index in [4.69, 9.17) is 10.5 Å². The second-order valence-electron chi connectivity index (χ2n) is 7.56. The number of anilines is 2. The van der Waals surface area contributed by atoms with E-state index in [1.807, 2.05) is 47.9 Å². The van der Waals surface area contributed by atoms with Crippen LogP contribution in [0.4, 0.5) is 11.5 Å². The molecule has 10 heteroatoms. The first-order valence-electron chi connectivity index (χ1n) is 10.7. The summed E-state index contributed by atoms with van der Waals surface area (Å²) in [5.41, 5.74) is 9.30. The summed E-state index contributed by atoms with van der Waals surface area (Å²) in [5.74, 6) is -0.0633. The highest BCUT2D eigenvalue weighted by Gasteiger charge is 2.15. The van der Waals surface area contributed by atoms with Crippen LogP contribution in [0.1, 0.15) is 22.3 Å². The molecule has 1 amide bonds. The highest BCUT2D eigenvalue weighted by atomic mass is 32.2. The number of amides is 1. The highest BCUT2D eigenvalue weighted by Crippen LogP contribution is 2.24. The van der Waals surface area contributed by atoms with Gasteiger partial charge in [0.05, 0.1) is 24.3 Å². The van der Waals surface area contributed by atoms with Gasteiger partial charge in [-0.05, 0) is 37.6 Å². The largest absolute Gasteiger partial charge is 0.462 e. The molecule has 0 aliphatic rings. The Morgan fingerprint density at radius 3 is 2.71 bits per heavy atom. The third kappa shape index (κ3) is 5.70. The van der Waals surface area contributed by atoms with Crippen LogP contribution in [0.15, 0.2) is 66.1 Å². The summed E-state index contributed by atoms with van der Waals surface area (Å²) in [6.45, 7) is 2.78. The van der Waals surface area contributed by atoms with Crippen molar-refractivity contribution in [3.63, 3.8) is 0 Å². The molecule has 0 fully saturated rings. The fourth-order valence-electron chi connectivity index (χ4n) is 3.28. The Morgan fingerprint density at radius 2 is 1.88 bits per heavy atom. The Kier molecular flexibility index (Phi) is 7.38. The number of esters is 1. The van der Waals surface area contributed by atoms with Crippen molar-refractivity contribution in [2.75, 3.05) is 23.4 Å². The Bertz CT molecular complexity index is 1310. The van der Waals surface area contributed by atoms with Gasteiger partial charge in [-0.3, -0.25) is 4.79 Å². The van der Waals surface area contributed by atoms with Crippen molar-refractivity contribution in [3.05, 3.63) is 72.3 Å². The van der Waals surface area contributed by atoms with Crippen LogP contribution in [0.2, 0.25) is 0 Å². The molecule has 0 unspecified atom stereocenters. The van der Waals surface area contributed by atoms with Crippen molar-refractivity contribution in [2.24, 2.45) is 0 Å². The number of benzene rings is 2. The highest BCUT2D eigenvalue weighted by molar-refractivity contribution is 8.00. The van der Waals surface area contributed by atoms with E-state index in [1.165, 1.54) is 18.1 Å². The first-order valence-corrected chi connectivity index (χ1v) is 11.7.